The van der Waals surface area contributed by atoms with Gasteiger partial charge in [0.1, 0.15) is 6.33 Å². The number of aromatic nitrogens is 3. The molecule has 0 aliphatic carbocycles. The predicted molar refractivity (Wildman–Crippen MR) is 70.0 cm³/mol. The largest absolute Gasteiger partial charge is 0.383 e. The van der Waals surface area contributed by atoms with Gasteiger partial charge in [-0.2, -0.15) is 4.31 Å². The molecule has 7 nitrogen and oxygen atoms in total. The minimum atomic E-state index is -3.22. The van der Waals surface area contributed by atoms with Crippen LogP contribution in [0.5, 0.6) is 0 Å². The maximum Gasteiger partial charge on any atom is 0.211 e. The van der Waals surface area contributed by atoms with Crippen LogP contribution in [0, 0.1) is 0 Å². The van der Waals surface area contributed by atoms with Crippen molar-refractivity contribution in [2.45, 2.75) is 31.8 Å². The molecule has 0 spiro atoms. The fourth-order valence-corrected chi connectivity index (χ4v) is 3.57. The highest BCUT2D eigenvalue weighted by atomic mass is 32.2. The Kier molecular flexibility index (Phi) is 4.54. The normalized spacial score (nSPS) is 21.7. The molecule has 1 fully saturated rings. The molecule has 0 aromatic carbocycles. The molecule has 1 aliphatic heterocycles. The van der Waals surface area contributed by atoms with Gasteiger partial charge in [0.25, 0.3) is 0 Å². The zero-order valence-corrected chi connectivity index (χ0v) is 12.1. The van der Waals surface area contributed by atoms with Gasteiger partial charge >= 0.3 is 0 Å². The van der Waals surface area contributed by atoms with E-state index in [0.717, 1.165) is 19.3 Å². The van der Waals surface area contributed by atoms with Crippen molar-refractivity contribution < 1.29 is 13.2 Å². The Balaban J connectivity index is 2.25. The van der Waals surface area contributed by atoms with Crippen LogP contribution >= 0.6 is 0 Å². The van der Waals surface area contributed by atoms with Crippen molar-refractivity contribution >= 4 is 10.0 Å². The number of hydrogen-bond acceptors (Lipinski definition) is 5. The van der Waals surface area contributed by atoms with Gasteiger partial charge in [-0.1, -0.05) is 6.42 Å². The molecule has 0 radical (unpaired) electrons. The van der Waals surface area contributed by atoms with Gasteiger partial charge in [-0.05, 0) is 12.8 Å². The highest BCUT2D eigenvalue weighted by Gasteiger charge is 2.33. The van der Waals surface area contributed by atoms with Gasteiger partial charge in [-0.15, -0.1) is 10.2 Å². The van der Waals surface area contributed by atoms with Crippen LogP contribution in [-0.2, 0) is 21.3 Å². The van der Waals surface area contributed by atoms with Crippen LogP contribution in [0.1, 0.15) is 31.1 Å². The summed E-state index contributed by atoms with van der Waals surface area (Å²) in [5.41, 5.74) is 0. The lowest BCUT2D eigenvalue weighted by Gasteiger charge is -2.33. The lowest BCUT2D eigenvalue weighted by molar-refractivity contribution is 0.181. The smallest absolute Gasteiger partial charge is 0.211 e. The van der Waals surface area contributed by atoms with Crippen LogP contribution in [0.4, 0.5) is 0 Å². The first-order valence-corrected chi connectivity index (χ1v) is 8.22. The van der Waals surface area contributed by atoms with Gasteiger partial charge in [0.15, 0.2) is 5.82 Å². The molecule has 0 N–H and O–H groups in total. The highest BCUT2D eigenvalue weighted by Crippen LogP contribution is 2.31. The van der Waals surface area contributed by atoms with E-state index < -0.39 is 10.0 Å². The van der Waals surface area contributed by atoms with E-state index in [9.17, 15) is 8.42 Å². The van der Waals surface area contributed by atoms with Gasteiger partial charge in [0, 0.05) is 20.2 Å². The van der Waals surface area contributed by atoms with Crippen molar-refractivity contribution in [3.05, 3.63) is 12.2 Å². The molecule has 2 rings (SSSR count). The summed E-state index contributed by atoms with van der Waals surface area (Å²) in [4.78, 5) is 0. The van der Waals surface area contributed by atoms with E-state index in [-0.39, 0.29) is 6.04 Å². The number of methoxy groups -OCH3 is 1. The molecule has 19 heavy (non-hydrogen) atoms. The Labute approximate surface area is 113 Å². The van der Waals surface area contributed by atoms with Gasteiger partial charge in [0.2, 0.25) is 10.0 Å². The molecule has 0 bridgehead atoms. The number of rotatable bonds is 5. The van der Waals surface area contributed by atoms with E-state index in [1.807, 2.05) is 4.57 Å². The van der Waals surface area contributed by atoms with Crippen LogP contribution in [0.15, 0.2) is 6.33 Å². The predicted octanol–water partition coefficient (Wildman–Crippen LogP) is 0.411. The van der Waals surface area contributed by atoms with E-state index in [0.29, 0.717) is 25.5 Å². The fraction of sp³-hybridized carbons (Fsp3) is 0.818. The summed E-state index contributed by atoms with van der Waals surface area (Å²) < 4.78 is 32.2. The summed E-state index contributed by atoms with van der Waals surface area (Å²) in [5.74, 6) is 0.710. The molecule has 1 atom stereocenters. The first-order chi connectivity index (χ1) is 9.04. The zero-order valence-electron chi connectivity index (χ0n) is 11.3. The van der Waals surface area contributed by atoms with Crippen LogP contribution in [0.3, 0.4) is 0 Å². The second kappa shape index (κ2) is 5.98. The Bertz CT molecular complexity index is 514. The zero-order chi connectivity index (χ0) is 13.9. The summed E-state index contributed by atoms with van der Waals surface area (Å²) in [6, 6.07) is -0.205. The Hall–Kier alpha value is -0.990. The van der Waals surface area contributed by atoms with Crippen LogP contribution < -0.4 is 0 Å². The molecule has 1 aliphatic rings. The number of nitrogens with zero attached hydrogens (tertiary/aromatic N) is 4. The Morgan fingerprint density at radius 1 is 1.47 bits per heavy atom. The summed E-state index contributed by atoms with van der Waals surface area (Å²) in [6.07, 6.45) is 5.58. The van der Waals surface area contributed by atoms with E-state index in [1.54, 1.807) is 13.4 Å². The van der Waals surface area contributed by atoms with Crippen LogP contribution in [0.25, 0.3) is 0 Å². The van der Waals surface area contributed by atoms with E-state index in [2.05, 4.69) is 10.2 Å². The third-order valence-electron chi connectivity index (χ3n) is 3.36. The van der Waals surface area contributed by atoms with E-state index >= 15 is 0 Å². The molecule has 2 heterocycles. The molecule has 108 valence electrons. The molecule has 1 aromatic rings. The molecule has 8 heteroatoms. The maximum atomic E-state index is 11.9. The fourth-order valence-electron chi connectivity index (χ4n) is 2.44. The van der Waals surface area contributed by atoms with Crippen molar-refractivity contribution in [1.82, 2.24) is 19.1 Å². The SMILES string of the molecule is COCCn1cnnc1C1CCCCN1S(C)(=O)=O. The molecular weight excluding hydrogens is 268 g/mol. The topological polar surface area (TPSA) is 77.3 Å². The standard InChI is InChI=1S/C11H20N4O3S/c1-18-8-7-14-9-12-13-11(14)10-5-3-4-6-15(10)19(2,16)17/h9-10H,3-8H2,1-2H3. The average molecular weight is 288 g/mol. The average Bonchev–Trinajstić information content (AvgIpc) is 2.83. The maximum absolute atomic E-state index is 11.9. The minimum absolute atomic E-state index is 0.205. The molecule has 1 unspecified atom stereocenters. The number of ether oxygens (including phenoxy) is 1. The van der Waals surface area contributed by atoms with Crippen LogP contribution in [-0.4, -0.2) is 54.0 Å². The molecular formula is C11H20N4O3S. The summed E-state index contributed by atoms with van der Waals surface area (Å²) >= 11 is 0. The number of hydrogen-bond donors (Lipinski definition) is 0. The number of sulfonamides is 1. The van der Waals surface area contributed by atoms with E-state index in [4.69, 9.17) is 4.74 Å². The van der Waals surface area contributed by atoms with Crippen molar-refractivity contribution in [2.24, 2.45) is 0 Å². The summed E-state index contributed by atoms with van der Waals surface area (Å²) in [7, 11) is -1.58. The first kappa shape index (κ1) is 14.4. The third-order valence-corrected chi connectivity index (χ3v) is 4.65. The third kappa shape index (κ3) is 3.31. The summed E-state index contributed by atoms with van der Waals surface area (Å²) in [6.45, 7) is 1.74. The molecule has 0 saturated carbocycles. The van der Waals surface area contributed by atoms with Gasteiger partial charge < -0.3 is 9.30 Å². The summed E-state index contributed by atoms with van der Waals surface area (Å²) in [5, 5.41) is 8.01. The van der Waals surface area contributed by atoms with Crippen molar-refractivity contribution in [3.8, 4) is 0 Å². The van der Waals surface area contributed by atoms with Crippen molar-refractivity contribution in [1.29, 1.82) is 0 Å². The van der Waals surface area contributed by atoms with Gasteiger partial charge in [-0.25, -0.2) is 8.42 Å². The lowest BCUT2D eigenvalue weighted by Crippen LogP contribution is -2.39. The Morgan fingerprint density at radius 2 is 2.26 bits per heavy atom. The van der Waals surface area contributed by atoms with Gasteiger partial charge in [0.05, 0.1) is 18.9 Å². The highest BCUT2D eigenvalue weighted by molar-refractivity contribution is 7.88. The number of piperidine rings is 1. The minimum Gasteiger partial charge on any atom is -0.383 e. The first-order valence-electron chi connectivity index (χ1n) is 6.37. The second-order valence-electron chi connectivity index (χ2n) is 4.76. The lowest BCUT2D eigenvalue weighted by atomic mass is 10.0. The monoisotopic (exact) mass is 288 g/mol. The van der Waals surface area contributed by atoms with E-state index in [1.165, 1.54) is 10.6 Å². The molecule has 1 saturated heterocycles. The molecule has 1 aromatic heterocycles. The molecule has 0 amide bonds. The Morgan fingerprint density at radius 3 is 2.95 bits per heavy atom. The second-order valence-corrected chi connectivity index (χ2v) is 6.70. The van der Waals surface area contributed by atoms with Gasteiger partial charge in [-0.3, -0.25) is 0 Å². The van der Waals surface area contributed by atoms with Crippen LogP contribution in [0.2, 0.25) is 0 Å². The van der Waals surface area contributed by atoms with Crippen molar-refractivity contribution in [2.75, 3.05) is 26.5 Å². The van der Waals surface area contributed by atoms with Crippen molar-refractivity contribution in [3.63, 3.8) is 0 Å². The quantitative estimate of drug-likeness (QED) is 0.784.